The molecule has 0 N–H and O–H groups in total. The van der Waals surface area contributed by atoms with Crippen molar-refractivity contribution < 1.29 is 38.1 Å². The second kappa shape index (κ2) is 11.2. The summed E-state index contributed by atoms with van der Waals surface area (Å²) in [7, 11) is 0. The van der Waals surface area contributed by atoms with Crippen LogP contribution in [0.3, 0.4) is 0 Å². The van der Waals surface area contributed by atoms with Crippen molar-refractivity contribution in [2.75, 3.05) is 0 Å². The molecule has 0 saturated heterocycles. The number of carbonyl (C=O) groups excluding carboxylic acids is 4. The van der Waals surface area contributed by atoms with Crippen molar-refractivity contribution >= 4 is 23.9 Å². The molecule has 0 amide bonds. The van der Waals surface area contributed by atoms with Crippen molar-refractivity contribution in [3.8, 4) is 34.1 Å². The van der Waals surface area contributed by atoms with E-state index in [1.807, 2.05) is 0 Å². The van der Waals surface area contributed by atoms with Gasteiger partial charge in [0.2, 0.25) is 0 Å². The number of hydrogen-bond donors (Lipinski definition) is 0. The van der Waals surface area contributed by atoms with Gasteiger partial charge in [-0.2, -0.15) is 0 Å². The molecule has 0 aliphatic rings. The molecular weight excluding hydrogens is 440 g/mol. The van der Waals surface area contributed by atoms with Crippen LogP contribution in [0, 0.1) is 0 Å². The lowest BCUT2D eigenvalue weighted by molar-refractivity contribution is -0.130. The maximum Gasteiger partial charge on any atom is 0.338 e. The fraction of sp³-hybridized carbons (Fsp3) is 0.0769. The predicted octanol–water partition coefficient (Wildman–Crippen LogP) is 4.50. The van der Waals surface area contributed by atoms with Crippen molar-refractivity contribution in [3.05, 3.63) is 86.0 Å². The van der Waals surface area contributed by atoms with Crippen molar-refractivity contribution in [2.45, 2.75) is 13.8 Å². The highest BCUT2D eigenvalue weighted by atomic mass is 16.6. The largest absolute Gasteiger partial charge is 0.423 e. The molecule has 0 spiro atoms. The van der Waals surface area contributed by atoms with Gasteiger partial charge in [-0.25, -0.2) is 19.2 Å². The van der Waals surface area contributed by atoms with E-state index in [1.54, 1.807) is 0 Å². The van der Waals surface area contributed by atoms with Gasteiger partial charge in [-0.05, 0) is 43.7 Å². The minimum Gasteiger partial charge on any atom is -0.423 e. The van der Waals surface area contributed by atoms with Gasteiger partial charge in [0.1, 0.15) is 23.0 Å². The summed E-state index contributed by atoms with van der Waals surface area (Å²) in [5.74, 6) is -2.71. The lowest BCUT2D eigenvalue weighted by Crippen LogP contribution is -2.11. The standard InChI is InChI=1S/C26H22O8/c1-7-23(27)31-19-11-17(12-20(13-19)32-24(28)8-2)21-10-9-18(33-25(29)15(3)4)14-22(21)34-26(30)16(5)6/h7-14H,1-3,5H2,4,6H3. The van der Waals surface area contributed by atoms with Gasteiger partial charge in [-0.1, -0.05) is 26.3 Å². The van der Waals surface area contributed by atoms with Gasteiger partial charge >= 0.3 is 23.9 Å². The zero-order chi connectivity index (χ0) is 25.4. The molecule has 2 aromatic rings. The van der Waals surface area contributed by atoms with Gasteiger partial charge in [0.25, 0.3) is 0 Å². The maximum absolute atomic E-state index is 12.2. The molecule has 0 aliphatic carbocycles. The Morgan fingerprint density at radius 1 is 0.676 bits per heavy atom. The summed E-state index contributed by atoms with van der Waals surface area (Å²) >= 11 is 0. The minimum atomic E-state index is -0.742. The lowest BCUT2D eigenvalue weighted by Gasteiger charge is -2.14. The van der Waals surface area contributed by atoms with E-state index in [4.69, 9.17) is 18.9 Å². The van der Waals surface area contributed by atoms with E-state index in [0.717, 1.165) is 12.2 Å². The summed E-state index contributed by atoms with van der Waals surface area (Å²) in [5.41, 5.74) is 0.986. The number of esters is 4. The molecule has 0 unspecified atom stereocenters. The van der Waals surface area contributed by atoms with Crippen molar-refractivity contribution in [2.24, 2.45) is 0 Å². The fourth-order valence-electron chi connectivity index (χ4n) is 2.43. The van der Waals surface area contributed by atoms with Crippen LogP contribution in [0.2, 0.25) is 0 Å². The maximum atomic E-state index is 12.2. The van der Waals surface area contributed by atoms with Crippen LogP contribution < -0.4 is 18.9 Å². The molecule has 0 radical (unpaired) electrons. The second-order valence-electron chi connectivity index (χ2n) is 6.94. The van der Waals surface area contributed by atoms with Crippen molar-refractivity contribution in [3.63, 3.8) is 0 Å². The van der Waals surface area contributed by atoms with Crippen LogP contribution in [0.4, 0.5) is 0 Å². The van der Waals surface area contributed by atoms with E-state index in [1.165, 1.54) is 50.2 Å². The van der Waals surface area contributed by atoms with E-state index in [0.29, 0.717) is 11.1 Å². The summed E-state index contributed by atoms with van der Waals surface area (Å²) < 4.78 is 21.0. The summed E-state index contributed by atoms with van der Waals surface area (Å²) in [5, 5.41) is 0. The molecule has 0 bridgehead atoms. The molecule has 8 nitrogen and oxygen atoms in total. The number of benzene rings is 2. The van der Waals surface area contributed by atoms with Gasteiger partial charge in [0, 0.05) is 41.0 Å². The summed E-state index contributed by atoms with van der Waals surface area (Å²) in [6, 6.07) is 8.53. The van der Waals surface area contributed by atoms with Crippen LogP contribution in [-0.2, 0) is 19.2 Å². The normalized spacial score (nSPS) is 9.82. The molecule has 0 aromatic heterocycles. The first kappa shape index (κ1) is 25.5. The van der Waals surface area contributed by atoms with E-state index < -0.39 is 23.9 Å². The first-order valence-electron chi connectivity index (χ1n) is 9.77. The Balaban J connectivity index is 2.64. The van der Waals surface area contributed by atoms with Crippen LogP contribution in [-0.4, -0.2) is 23.9 Å². The summed E-state index contributed by atoms with van der Waals surface area (Å²) in [4.78, 5) is 47.6. The molecule has 0 aliphatic heterocycles. The predicted molar refractivity (Wildman–Crippen MR) is 124 cm³/mol. The molecule has 0 heterocycles. The highest BCUT2D eigenvalue weighted by Gasteiger charge is 2.17. The number of carbonyl (C=O) groups is 4. The lowest BCUT2D eigenvalue weighted by atomic mass is 10.0. The molecule has 8 heteroatoms. The van der Waals surface area contributed by atoms with Gasteiger partial charge in [-0.3, -0.25) is 0 Å². The van der Waals surface area contributed by atoms with Crippen molar-refractivity contribution in [1.29, 1.82) is 0 Å². The van der Waals surface area contributed by atoms with Crippen molar-refractivity contribution in [1.82, 2.24) is 0 Å². The monoisotopic (exact) mass is 462 g/mol. The smallest absolute Gasteiger partial charge is 0.338 e. The number of hydrogen-bond acceptors (Lipinski definition) is 8. The molecule has 174 valence electrons. The molecule has 0 fully saturated rings. The topological polar surface area (TPSA) is 105 Å². The fourth-order valence-corrected chi connectivity index (χ4v) is 2.43. The highest BCUT2D eigenvalue weighted by Crippen LogP contribution is 2.38. The average molecular weight is 462 g/mol. The van der Waals surface area contributed by atoms with E-state index in [2.05, 4.69) is 26.3 Å². The number of ether oxygens (including phenoxy) is 4. The van der Waals surface area contributed by atoms with Gasteiger partial charge in [0.15, 0.2) is 0 Å². The third kappa shape index (κ3) is 6.89. The van der Waals surface area contributed by atoms with Crippen LogP contribution in [0.15, 0.2) is 86.0 Å². The van der Waals surface area contributed by atoms with Crippen LogP contribution >= 0.6 is 0 Å². The highest BCUT2D eigenvalue weighted by molar-refractivity contribution is 5.92. The van der Waals surface area contributed by atoms with E-state index in [-0.39, 0.29) is 34.1 Å². The third-order valence-electron chi connectivity index (χ3n) is 4.02. The van der Waals surface area contributed by atoms with Crippen LogP contribution in [0.1, 0.15) is 13.8 Å². The van der Waals surface area contributed by atoms with Gasteiger partial charge < -0.3 is 18.9 Å². The summed E-state index contributed by atoms with van der Waals surface area (Å²) in [6.07, 6.45) is 1.93. The third-order valence-corrected chi connectivity index (χ3v) is 4.02. The number of rotatable bonds is 9. The van der Waals surface area contributed by atoms with E-state index >= 15 is 0 Å². The Bertz CT molecular complexity index is 1180. The first-order chi connectivity index (χ1) is 16.0. The van der Waals surface area contributed by atoms with Crippen LogP contribution in [0.5, 0.6) is 23.0 Å². The Morgan fingerprint density at radius 2 is 1.18 bits per heavy atom. The minimum absolute atomic E-state index is 0.00760. The van der Waals surface area contributed by atoms with Gasteiger partial charge in [0.05, 0.1) is 0 Å². The molecule has 0 saturated carbocycles. The average Bonchev–Trinajstić information content (AvgIpc) is 2.78. The van der Waals surface area contributed by atoms with Crippen LogP contribution in [0.25, 0.3) is 11.1 Å². The quantitative estimate of drug-likeness (QED) is 0.305. The Labute approximate surface area is 196 Å². The first-order valence-corrected chi connectivity index (χ1v) is 9.77. The SMILES string of the molecule is C=CC(=O)Oc1cc(OC(=O)C=C)cc(-c2ccc(OC(=O)C(=C)C)cc2OC(=O)C(=C)C)c1. The Hall–Kier alpha value is -4.72. The van der Waals surface area contributed by atoms with E-state index in [9.17, 15) is 19.2 Å². The molecule has 0 atom stereocenters. The molecule has 2 rings (SSSR count). The zero-order valence-electron chi connectivity index (χ0n) is 18.7. The molecule has 34 heavy (non-hydrogen) atoms. The van der Waals surface area contributed by atoms with Gasteiger partial charge in [-0.15, -0.1) is 0 Å². The Morgan fingerprint density at radius 3 is 1.65 bits per heavy atom. The molecular formula is C26H22O8. The molecule has 2 aromatic carbocycles. The Kier molecular flexibility index (Phi) is 8.44. The zero-order valence-corrected chi connectivity index (χ0v) is 18.7. The summed E-state index contributed by atoms with van der Waals surface area (Å²) in [6.45, 7) is 16.7. The second-order valence-corrected chi connectivity index (χ2v) is 6.94.